The molecule has 1 rings (SSSR count). The maximum absolute atomic E-state index is 5.52. The fourth-order valence-corrected chi connectivity index (χ4v) is 2.37. The summed E-state index contributed by atoms with van der Waals surface area (Å²) in [6, 6.07) is 0. The third-order valence-corrected chi connectivity index (χ3v) is 3.90. The predicted molar refractivity (Wildman–Crippen MR) is 64.4 cm³/mol. The highest BCUT2D eigenvalue weighted by atomic mass is 32.1. The van der Waals surface area contributed by atoms with Crippen molar-refractivity contribution in [2.75, 3.05) is 20.7 Å². The van der Waals surface area contributed by atoms with E-state index in [9.17, 15) is 0 Å². The van der Waals surface area contributed by atoms with Crippen LogP contribution in [0.5, 0.6) is 0 Å². The number of likely N-dealkylation sites (N-methyl/N-ethyl adjacent to an activating group) is 1. The Balaban J connectivity index is 2.74. The zero-order valence-electron chi connectivity index (χ0n) is 9.96. The number of hydrogen-bond acceptors (Lipinski definition) is 4. The van der Waals surface area contributed by atoms with Crippen LogP contribution in [0.4, 0.5) is 0 Å². The van der Waals surface area contributed by atoms with Gasteiger partial charge in [-0.15, -0.1) is 11.3 Å². The normalized spacial score (nSPS) is 15.2. The zero-order chi connectivity index (χ0) is 11.3. The van der Waals surface area contributed by atoms with Crippen LogP contribution < -0.4 is 5.32 Å². The first kappa shape index (κ1) is 12.6. The molecular formula is C11H20N2OS. The van der Waals surface area contributed by atoms with Gasteiger partial charge in [0.1, 0.15) is 10.6 Å². The second-order valence-electron chi connectivity index (χ2n) is 3.79. The van der Waals surface area contributed by atoms with Crippen LogP contribution in [-0.2, 0) is 16.8 Å². The molecule has 86 valence electrons. The molecule has 0 saturated carbocycles. The van der Waals surface area contributed by atoms with E-state index < -0.39 is 0 Å². The van der Waals surface area contributed by atoms with Gasteiger partial charge in [-0.2, -0.15) is 0 Å². The number of thiazole rings is 1. The van der Waals surface area contributed by atoms with Crippen molar-refractivity contribution in [1.29, 1.82) is 0 Å². The summed E-state index contributed by atoms with van der Waals surface area (Å²) in [5, 5.41) is 6.33. The maximum atomic E-state index is 5.52. The van der Waals surface area contributed by atoms with E-state index in [2.05, 4.69) is 29.5 Å². The summed E-state index contributed by atoms with van der Waals surface area (Å²) >= 11 is 1.69. The molecule has 0 radical (unpaired) electrons. The lowest BCUT2D eigenvalue weighted by Gasteiger charge is -2.23. The SMILES string of the molecule is CCC(C)(OC)c1nc(CCNC)cs1. The van der Waals surface area contributed by atoms with E-state index in [-0.39, 0.29) is 5.60 Å². The lowest BCUT2D eigenvalue weighted by atomic mass is 10.1. The first-order valence-electron chi connectivity index (χ1n) is 5.31. The largest absolute Gasteiger partial charge is 0.371 e. The van der Waals surface area contributed by atoms with E-state index in [1.54, 1.807) is 18.4 Å². The molecule has 0 spiro atoms. The van der Waals surface area contributed by atoms with Crippen LogP contribution >= 0.6 is 11.3 Å². The number of rotatable bonds is 6. The summed E-state index contributed by atoms with van der Waals surface area (Å²) < 4.78 is 5.52. The van der Waals surface area contributed by atoms with Crippen LogP contribution in [0.15, 0.2) is 5.38 Å². The zero-order valence-corrected chi connectivity index (χ0v) is 10.8. The summed E-state index contributed by atoms with van der Waals surface area (Å²) in [6.45, 7) is 5.19. The molecule has 1 atom stereocenters. The molecule has 1 aromatic rings. The molecule has 4 heteroatoms. The highest BCUT2D eigenvalue weighted by molar-refractivity contribution is 7.09. The lowest BCUT2D eigenvalue weighted by molar-refractivity contribution is -0.00166. The quantitative estimate of drug-likeness (QED) is 0.810. The number of methoxy groups -OCH3 is 1. The van der Waals surface area contributed by atoms with Gasteiger partial charge in [-0.3, -0.25) is 0 Å². The maximum Gasteiger partial charge on any atom is 0.125 e. The number of nitrogens with one attached hydrogen (secondary N) is 1. The molecule has 0 aliphatic heterocycles. The van der Waals surface area contributed by atoms with Crippen LogP contribution in [0.1, 0.15) is 31.0 Å². The average Bonchev–Trinajstić information content (AvgIpc) is 2.74. The molecule has 3 nitrogen and oxygen atoms in total. The van der Waals surface area contributed by atoms with Gasteiger partial charge in [0.05, 0.1) is 5.69 Å². The minimum absolute atomic E-state index is 0.220. The minimum Gasteiger partial charge on any atom is -0.371 e. The molecular weight excluding hydrogens is 208 g/mol. The molecule has 1 unspecified atom stereocenters. The van der Waals surface area contributed by atoms with Crippen molar-refractivity contribution in [3.05, 3.63) is 16.1 Å². The third-order valence-electron chi connectivity index (χ3n) is 2.76. The fourth-order valence-electron chi connectivity index (χ4n) is 1.30. The van der Waals surface area contributed by atoms with E-state index in [0.717, 1.165) is 30.1 Å². The fraction of sp³-hybridized carbons (Fsp3) is 0.727. The average molecular weight is 228 g/mol. The summed E-state index contributed by atoms with van der Waals surface area (Å²) in [5.74, 6) is 0. The smallest absolute Gasteiger partial charge is 0.125 e. The topological polar surface area (TPSA) is 34.1 Å². The van der Waals surface area contributed by atoms with Gasteiger partial charge in [0, 0.05) is 25.5 Å². The van der Waals surface area contributed by atoms with Crippen LogP contribution in [0.25, 0.3) is 0 Å². The monoisotopic (exact) mass is 228 g/mol. The Morgan fingerprint density at radius 2 is 2.33 bits per heavy atom. The Bertz CT molecular complexity index is 295. The molecule has 0 bridgehead atoms. The van der Waals surface area contributed by atoms with Crippen molar-refractivity contribution in [1.82, 2.24) is 10.3 Å². The molecule has 15 heavy (non-hydrogen) atoms. The highest BCUT2D eigenvalue weighted by Gasteiger charge is 2.27. The van der Waals surface area contributed by atoms with Gasteiger partial charge in [-0.1, -0.05) is 6.92 Å². The molecule has 0 saturated heterocycles. The summed E-state index contributed by atoms with van der Waals surface area (Å²) in [7, 11) is 3.71. The first-order chi connectivity index (χ1) is 7.16. The van der Waals surface area contributed by atoms with E-state index in [4.69, 9.17) is 4.74 Å². The molecule has 0 aliphatic carbocycles. The van der Waals surface area contributed by atoms with E-state index in [1.807, 2.05) is 7.05 Å². The van der Waals surface area contributed by atoms with Crippen molar-refractivity contribution in [3.63, 3.8) is 0 Å². The Hall–Kier alpha value is -0.450. The van der Waals surface area contributed by atoms with E-state index in [0.29, 0.717) is 0 Å². The van der Waals surface area contributed by atoms with Gasteiger partial charge in [0.15, 0.2) is 0 Å². The summed E-state index contributed by atoms with van der Waals surface area (Å²) in [5.41, 5.74) is 0.934. The predicted octanol–water partition coefficient (Wildman–Crippen LogP) is 2.18. The lowest BCUT2D eigenvalue weighted by Crippen LogP contribution is -2.23. The molecule has 0 aliphatic rings. The summed E-state index contributed by atoms with van der Waals surface area (Å²) in [6.07, 6.45) is 1.93. The van der Waals surface area contributed by atoms with Crippen LogP contribution in [-0.4, -0.2) is 25.7 Å². The molecule has 1 N–H and O–H groups in total. The van der Waals surface area contributed by atoms with Gasteiger partial charge in [-0.05, 0) is 20.4 Å². The number of aromatic nitrogens is 1. The molecule has 0 amide bonds. The van der Waals surface area contributed by atoms with Crippen molar-refractivity contribution >= 4 is 11.3 Å². The van der Waals surface area contributed by atoms with Crippen LogP contribution in [0, 0.1) is 0 Å². The van der Waals surface area contributed by atoms with Crippen molar-refractivity contribution in [2.45, 2.75) is 32.3 Å². The molecule has 0 aromatic carbocycles. The number of nitrogens with zero attached hydrogens (tertiary/aromatic N) is 1. The second kappa shape index (κ2) is 5.58. The molecule has 0 fully saturated rings. The number of hydrogen-bond donors (Lipinski definition) is 1. The Labute approximate surface area is 95.9 Å². The summed E-state index contributed by atoms with van der Waals surface area (Å²) in [4.78, 5) is 4.62. The molecule has 1 heterocycles. The Kier molecular flexibility index (Phi) is 4.70. The Morgan fingerprint density at radius 1 is 1.60 bits per heavy atom. The number of ether oxygens (including phenoxy) is 1. The minimum atomic E-state index is -0.220. The first-order valence-corrected chi connectivity index (χ1v) is 6.19. The highest BCUT2D eigenvalue weighted by Crippen LogP contribution is 2.30. The second-order valence-corrected chi connectivity index (χ2v) is 4.64. The van der Waals surface area contributed by atoms with Gasteiger partial charge in [0.2, 0.25) is 0 Å². The third kappa shape index (κ3) is 3.00. The van der Waals surface area contributed by atoms with E-state index >= 15 is 0 Å². The van der Waals surface area contributed by atoms with Gasteiger partial charge < -0.3 is 10.1 Å². The van der Waals surface area contributed by atoms with Crippen LogP contribution in [0.2, 0.25) is 0 Å². The van der Waals surface area contributed by atoms with Crippen molar-refractivity contribution in [3.8, 4) is 0 Å². The van der Waals surface area contributed by atoms with Crippen molar-refractivity contribution in [2.24, 2.45) is 0 Å². The Morgan fingerprint density at radius 3 is 2.87 bits per heavy atom. The van der Waals surface area contributed by atoms with Gasteiger partial charge in [0.25, 0.3) is 0 Å². The standard InChI is InChI=1S/C11H20N2OS/c1-5-11(2,14-4)10-13-9(8-15-10)6-7-12-3/h8,12H,5-7H2,1-4H3. The van der Waals surface area contributed by atoms with Gasteiger partial charge in [-0.25, -0.2) is 4.98 Å². The van der Waals surface area contributed by atoms with E-state index in [1.165, 1.54) is 0 Å². The van der Waals surface area contributed by atoms with Crippen molar-refractivity contribution < 1.29 is 4.74 Å². The molecule has 1 aromatic heterocycles. The van der Waals surface area contributed by atoms with Crippen LogP contribution in [0.3, 0.4) is 0 Å². The van der Waals surface area contributed by atoms with Gasteiger partial charge >= 0.3 is 0 Å².